The van der Waals surface area contributed by atoms with Gasteiger partial charge in [0.25, 0.3) is 11.8 Å². The normalized spacial score (nSPS) is 15.3. The van der Waals surface area contributed by atoms with Crippen molar-refractivity contribution in [2.45, 2.75) is 0 Å². The number of rotatable bonds is 4. The van der Waals surface area contributed by atoms with E-state index in [0.717, 1.165) is 14.2 Å². The predicted octanol–water partition coefficient (Wildman–Crippen LogP) is 3.61. The van der Waals surface area contributed by atoms with Crippen molar-refractivity contribution in [3.05, 3.63) is 87.3 Å². The van der Waals surface area contributed by atoms with Crippen molar-refractivity contribution in [1.29, 1.82) is 0 Å². The van der Waals surface area contributed by atoms with Crippen LogP contribution in [0.2, 0.25) is 0 Å². The summed E-state index contributed by atoms with van der Waals surface area (Å²) in [5.41, 5.74) is 1.66. The fourth-order valence-electron chi connectivity index (χ4n) is 3.17. The number of aromatic carboxylic acids is 1. The number of halogens is 1. The molecule has 0 atom stereocenters. The number of benzene rings is 2. The van der Waals surface area contributed by atoms with E-state index >= 15 is 0 Å². The van der Waals surface area contributed by atoms with E-state index in [2.05, 4.69) is 27.9 Å². The van der Waals surface area contributed by atoms with Gasteiger partial charge in [-0.25, -0.2) is 4.79 Å². The third kappa shape index (κ3) is 4.14. The quantitative estimate of drug-likeness (QED) is 0.227. The minimum Gasteiger partial charge on any atom is -0.478 e. The number of carbonyl (C=O) groups excluding carboxylic acids is 2. The summed E-state index contributed by atoms with van der Waals surface area (Å²) in [5.74, 6) is -2.38. The summed E-state index contributed by atoms with van der Waals surface area (Å²) in [7, 11) is 0. The first kappa shape index (κ1) is 20.9. The fourth-order valence-corrected chi connectivity index (χ4v) is 3.81. The Morgan fingerprint density at radius 3 is 2.48 bits per heavy atom. The molecule has 1 fully saturated rings. The third-order valence-electron chi connectivity index (χ3n) is 4.63. The van der Waals surface area contributed by atoms with Crippen molar-refractivity contribution in [3.8, 4) is 5.69 Å². The van der Waals surface area contributed by atoms with Crippen LogP contribution < -0.4 is 10.2 Å². The highest BCUT2D eigenvalue weighted by molar-refractivity contribution is 14.1. The number of carbonyl (C=O) groups is 3. The second-order valence-electron chi connectivity index (χ2n) is 6.59. The number of anilines is 1. The Morgan fingerprint density at radius 1 is 1.03 bits per heavy atom. The van der Waals surface area contributed by atoms with E-state index in [1.54, 1.807) is 12.1 Å². The number of carboxylic acid groups (broad SMARTS) is 1. The number of amides is 2. The van der Waals surface area contributed by atoms with Gasteiger partial charge < -0.3 is 9.67 Å². The van der Waals surface area contributed by atoms with Crippen LogP contribution in [0, 0.1) is 3.57 Å². The molecule has 2 aromatic carbocycles. The van der Waals surface area contributed by atoms with Crippen molar-refractivity contribution >= 4 is 69.5 Å². The van der Waals surface area contributed by atoms with Crippen molar-refractivity contribution < 1.29 is 19.5 Å². The zero-order chi connectivity index (χ0) is 22.1. The molecule has 4 rings (SSSR count). The van der Waals surface area contributed by atoms with Crippen LogP contribution in [0.25, 0.3) is 11.8 Å². The second-order valence-corrected chi connectivity index (χ2v) is 8.23. The smallest absolute Gasteiger partial charge is 0.335 e. The molecule has 0 bridgehead atoms. The minimum atomic E-state index is -1.13. The van der Waals surface area contributed by atoms with Gasteiger partial charge in [-0.15, -0.1) is 0 Å². The lowest BCUT2D eigenvalue weighted by Gasteiger charge is -2.29. The zero-order valence-corrected chi connectivity index (χ0v) is 18.8. The first-order chi connectivity index (χ1) is 14.8. The second kappa shape index (κ2) is 8.44. The average Bonchev–Trinajstić information content (AvgIpc) is 3.20. The molecule has 0 radical (unpaired) electrons. The molecule has 1 saturated heterocycles. The van der Waals surface area contributed by atoms with E-state index < -0.39 is 17.8 Å². The van der Waals surface area contributed by atoms with Crippen LogP contribution in [-0.2, 0) is 9.59 Å². The topological polar surface area (TPSA) is 91.6 Å². The number of hydrogen-bond acceptors (Lipinski definition) is 4. The zero-order valence-electron chi connectivity index (χ0n) is 15.8. The molecule has 1 aliphatic rings. The maximum absolute atomic E-state index is 13.2. The molecule has 2 amide bonds. The molecular weight excluding hydrogens is 529 g/mol. The standard InChI is InChI=1S/C22H14IN3O4S/c23-14-6-8-15(9-7-14)25-10-2-5-16(25)12-18-19(27)24-22(31)26(20(18)28)17-4-1-3-13(11-17)21(29)30/h1-12H,(H,29,30)(H,24,27,31). The Hall–Kier alpha value is -3.31. The van der Waals surface area contributed by atoms with E-state index in [1.165, 1.54) is 24.3 Å². The summed E-state index contributed by atoms with van der Waals surface area (Å²) in [6.45, 7) is 0. The largest absolute Gasteiger partial charge is 0.478 e. The summed E-state index contributed by atoms with van der Waals surface area (Å²) in [6, 6.07) is 17.2. The molecule has 0 spiro atoms. The minimum absolute atomic E-state index is 0.00288. The molecule has 1 aliphatic heterocycles. The van der Waals surface area contributed by atoms with Crippen LogP contribution in [0.3, 0.4) is 0 Å². The van der Waals surface area contributed by atoms with Gasteiger partial charge in [0.2, 0.25) is 0 Å². The van der Waals surface area contributed by atoms with Gasteiger partial charge >= 0.3 is 5.97 Å². The third-order valence-corrected chi connectivity index (χ3v) is 5.63. The van der Waals surface area contributed by atoms with Crippen LogP contribution in [0.1, 0.15) is 16.1 Å². The Kier molecular flexibility index (Phi) is 5.70. The Balaban J connectivity index is 1.74. The lowest BCUT2D eigenvalue weighted by molar-refractivity contribution is -0.122. The highest BCUT2D eigenvalue weighted by Crippen LogP contribution is 2.24. The van der Waals surface area contributed by atoms with E-state index in [1.807, 2.05) is 41.1 Å². The molecule has 154 valence electrons. The predicted molar refractivity (Wildman–Crippen MR) is 128 cm³/mol. The lowest BCUT2D eigenvalue weighted by Crippen LogP contribution is -2.54. The Bertz CT molecular complexity index is 1260. The van der Waals surface area contributed by atoms with Crippen LogP contribution >= 0.6 is 34.8 Å². The van der Waals surface area contributed by atoms with Crippen molar-refractivity contribution in [3.63, 3.8) is 0 Å². The van der Waals surface area contributed by atoms with E-state index in [9.17, 15) is 19.5 Å². The summed E-state index contributed by atoms with van der Waals surface area (Å²) in [6.07, 6.45) is 3.32. The number of carboxylic acids is 1. The number of nitrogens with one attached hydrogen (secondary N) is 1. The number of aromatic nitrogens is 1. The summed E-state index contributed by atoms with van der Waals surface area (Å²) < 4.78 is 2.94. The first-order valence-corrected chi connectivity index (χ1v) is 10.5. The van der Waals surface area contributed by atoms with Crippen molar-refractivity contribution in [2.24, 2.45) is 0 Å². The molecule has 1 aromatic heterocycles. The lowest BCUT2D eigenvalue weighted by atomic mass is 10.1. The molecule has 31 heavy (non-hydrogen) atoms. The van der Waals surface area contributed by atoms with Gasteiger partial charge in [-0.3, -0.25) is 19.8 Å². The van der Waals surface area contributed by atoms with Crippen LogP contribution in [0.5, 0.6) is 0 Å². The Labute approximate surface area is 196 Å². The molecule has 7 nitrogen and oxygen atoms in total. The van der Waals surface area contributed by atoms with E-state index in [-0.39, 0.29) is 21.9 Å². The molecule has 2 heterocycles. The molecular formula is C22H14IN3O4S. The van der Waals surface area contributed by atoms with E-state index in [4.69, 9.17) is 12.2 Å². The first-order valence-electron chi connectivity index (χ1n) is 9.03. The van der Waals surface area contributed by atoms with Gasteiger partial charge in [-0.1, -0.05) is 6.07 Å². The van der Waals surface area contributed by atoms with Crippen LogP contribution in [-0.4, -0.2) is 32.6 Å². The SMILES string of the molecule is O=C1NC(=S)N(c2cccc(C(=O)O)c2)C(=O)C1=Cc1cccn1-c1ccc(I)cc1. The summed E-state index contributed by atoms with van der Waals surface area (Å²) in [5, 5.41) is 11.6. The highest BCUT2D eigenvalue weighted by Gasteiger charge is 2.35. The summed E-state index contributed by atoms with van der Waals surface area (Å²) >= 11 is 7.40. The Morgan fingerprint density at radius 2 is 1.77 bits per heavy atom. The van der Waals surface area contributed by atoms with Gasteiger partial charge in [0.05, 0.1) is 11.3 Å². The van der Waals surface area contributed by atoms with Gasteiger partial charge in [0.15, 0.2) is 5.11 Å². The number of nitrogens with zero attached hydrogens (tertiary/aromatic N) is 2. The summed E-state index contributed by atoms with van der Waals surface area (Å²) in [4.78, 5) is 38.2. The maximum atomic E-state index is 13.2. The molecule has 2 N–H and O–H groups in total. The molecule has 0 unspecified atom stereocenters. The van der Waals surface area contributed by atoms with Gasteiger partial charge in [-0.2, -0.15) is 0 Å². The van der Waals surface area contributed by atoms with E-state index in [0.29, 0.717) is 5.69 Å². The molecule has 0 saturated carbocycles. The monoisotopic (exact) mass is 543 g/mol. The van der Waals surface area contributed by atoms with Crippen molar-refractivity contribution in [1.82, 2.24) is 9.88 Å². The highest BCUT2D eigenvalue weighted by atomic mass is 127. The van der Waals surface area contributed by atoms with Gasteiger partial charge in [-0.05, 0) is 95.5 Å². The van der Waals surface area contributed by atoms with Gasteiger partial charge in [0, 0.05) is 21.1 Å². The number of thiocarbonyl (C=S) groups is 1. The maximum Gasteiger partial charge on any atom is 0.335 e. The van der Waals surface area contributed by atoms with Gasteiger partial charge in [0.1, 0.15) is 5.57 Å². The fraction of sp³-hybridized carbons (Fsp3) is 0. The van der Waals surface area contributed by atoms with Crippen LogP contribution in [0.15, 0.2) is 72.4 Å². The molecule has 3 aromatic rings. The number of hydrogen-bond donors (Lipinski definition) is 2. The van der Waals surface area contributed by atoms with Crippen molar-refractivity contribution in [2.75, 3.05) is 4.90 Å². The molecule has 9 heteroatoms. The average molecular weight is 543 g/mol. The van der Waals surface area contributed by atoms with Crippen LogP contribution in [0.4, 0.5) is 5.69 Å². The molecule has 0 aliphatic carbocycles.